The number of aliphatic hydroxyl groups excluding tert-OH is 1. The molecule has 0 aliphatic carbocycles. The van der Waals surface area contributed by atoms with Crippen molar-refractivity contribution in [3.63, 3.8) is 0 Å². The Morgan fingerprint density at radius 2 is 1.75 bits per heavy atom. The molecule has 2 N–H and O–H groups in total. The van der Waals surface area contributed by atoms with E-state index in [0.717, 1.165) is 22.5 Å². The molecule has 1 aliphatic rings. The van der Waals surface area contributed by atoms with Gasteiger partial charge in [-0.15, -0.1) is 10.2 Å². The van der Waals surface area contributed by atoms with Gasteiger partial charge in [-0.05, 0) is 73.9 Å². The molecule has 1 fully saturated rings. The number of phenols is 1. The van der Waals surface area contributed by atoms with Gasteiger partial charge in [0.2, 0.25) is 5.13 Å². The van der Waals surface area contributed by atoms with Crippen molar-refractivity contribution < 1.29 is 29.3 Å². The van der Waals surface area contributed by atoms with E-state index in [0.29, 0.717) is 35.1 Å². The predicted octanol–water partition coefficient (Wildman–Crippen LogP) is 5.46. The Labute approximate surface area is 235 Å². The highest BCUT2D eigenvalue weighted by molar-refractivity contribution is 7.15. The summed E-state index contributed by atoms with van der Waals surface area (Å²) in [6, 6.07) is 18.1. The van der Waals surface area contributed by atoms with Crippen molar-refractivity contribution in [3.05, 3.63) is 99.6 Å². The molecule has 1 aliphatic heterocycles. The third kappa shape index (κ3) is 5.13. The standard InChI is InChI=1S/C30H27N3O6S/c1-4-38-24-15-20(11-14-23(24)34)26-25(28(36)29(37)33(26)30-32-31-18(3)40-30)27(35)19-9-12-22(13-10-19)39-16-21-8-6-5-7-17(21)2/h5-15,26,34-35H,4,16H2,1-3H3. The molecule has 10 heteroatoms. The van der Waals surface area contributed by atoms with Crippen LogP contribution >= 0.6 is 11.3 Å². The van der Waals surface area contributed by atoms with Crippen LogP contribution in [0.15, 0.2) is 72.3 Å². The Morgan fingerprint density at radius 1 is 1.00 bits per heavy atom. The van der Waals surface area contributed by atoms with Crippen LogP contribution < -0.4 is 14.4 Å². The van der Waals surface area contributed by atoms with Crippen LogP contribution in [0.1, 0.15) is 40.2 Å². The van der Waals surface area contributed by atoms with Crippen LogP contribution in [0.2, 0.25) is 0 Å². The Balaban J connectivity index is 1.54. The number of hydrogen-bond acceptors (Lipinski definition) is 9. The quantitative estimate of drug-likeness (QED) is 0.166. The van der Waals surface area contributed by atoms with Crippen LogP contribution in [-0.2, 0) is 16.2 Å². The molecule has 1 saturated heterocycles. The Kier molecular flexibility index (Phi) is 7.52. The number of Topliss-reactive ketones (excluding diaryl/α,β-unsaturated/α-hetero) is 1. The van der Waals surface area contributed by atoms with E-state index < -0.39 is 17.7 Å². The number of benzene rings is 3. The highest BCUT2D eigenvalue weighted by atomic mass is 32.1. The number of aromatic hydroxyl groups is 1. The zero-order chi connectivity index (χ0) is 28.4. The highest BCUT2D eigenvalue weighted by Gasteiger charge is 2.48. The lowest BCUT2D eigenvalue weighted by Gasteiger charge is -2.23. The first kappa shape index (κ1) is 26.9. The number of anilines is 1. The summed E-state index contributed by atoms with van der Waals surface area (Å²) in [7, 11) is 0. The van der Waals surface area contributed by atoms with E-state index in [1.807, 2.05) is 31.2 Å². The van der Waals surface area contributed by atoms with E-state index in [-0.39, 0.29) is 28.0 Å². The maximum atomic E-state index is 13.4. The van der Waals surface area contributed by atoms with Gasteiger partial charge in [-0.2, -0.15) is 0 Å². The fourth-order valence-corrected chi connectivity index (χ4v) is 5.21. The minimum atomic E-state index is -1.02. The summed E-state index contributed by atoms with van der Waals surface area (Å²) in [4.78, 5) is 27.9. The van der Waals surface area contributed by atoms with Crippen molar-refractivity contribution in [2.75, 3.05) is 11.5 Å². The summed E-state index contributed by atoms with van der Waals surface area (Å²) in [6.45, 7) is 6.21. The summed E-state index contributed by atoms with van der Waals surface area (Å²) < 4.78 is 11.4. The van der Waals surface area contributed by atoms with Gasteiger partial charge in [-0.3, -0.25) is 14.5 Å². The van der Waals surface area contributed by atoms with Crippen LogP contribution in [0.3, 0.4) is 0 Å². The van der Waals surface area contributed by atoms with Gasteiger partial charge < -0.3 is 19.7 Å². The first-order valence-electron chi connectivity index (χ1n) is 12.6. The zero-order valence-corrected chi connectivity index (χ0v) is 22.9. The fraction of sp³-hybridized carbons (Fsp3) is 0.200. The number of aryl methyl sites for hydroxylation is 2. The molecule has 0 saturated carbocycles. The van der Waals surface area contributed by atoms with Crippen molar-refractivity contribution >= 4 is 33.9 Å². The average molecular weight is 558 g/mol. The molecule has 0 bridgehead atoms. The average Bonchev–Trinajstić information content (AvgIpc) is 3.49. The van der Waals surface area contributed by atoms with Gasteiger partial charge in [0.1, 0.15) is 23.1 Å². The molecule has 4 aromatic rings. The maximum absolute atomic E-state index is 13.4. The zero-order valence-electron chi connectivity index (χ0n) is 22.1. The van der Waals surface area contributed by atoms with E-state index in [1.54, 1.807) is 50.2 Å². The molecule has 1 atom stereocenters. The van der Waals surface area contributed by atoms with Crippen LogP contribution in [-0.4, -0.2) is 38.7 Å². The van der Waals surface area contributed by atoms with Gasteiger partial charge in [0.05, 0.1) is 18.2 Å². The van der Waals surface area contributed by atoms with Crippen LogP contribution in [0.4, 0.5) is 5.13 Å². The summed E-state index contributed by atoms with van der Waals surface area (Å²) in [5.41, 5.74) is 2.85. The summed E-state index contributed by atoms with van der Waals surface area (Å²) >= 11 is 1.15. The molecule has 0 radical (unpaired) electrons. The van der Waals surface area contributed by atoms with E-state index >= 15 is 0 Å². The molecule has 5 rings (SSSR count). The van der Waals surface area contributed by atoms with Gasteiger partial charge in [0.15, 0.2) is 11.5 Å². The summed E-state index contributed by atoms with van der Waals surface area (Å²) in [6.07, 6.45) is 0. The lowest BCUT2D eigenvalue weighted by molar-refractivity contribution is -0.132. The summed E-state index contributed by atoms with van der Waals surface area (Å²) in [5, 5.41) is 30.6. The van der Waals surface area contributed by atoms with Crippen LogP contribution in [0, 0.1) is 13.8 Å². The first-order chi connectivity index (χ1) is 19.3. The second-order valence-electron chi connectivity index (χ2n) is 9.17. The lowest BCUT2D eigenvalue weighted by atomic mass is 9.95. The van der Waals surface area contributed by atoms with Crippen molar-refractivity contribution in [2.45, 2.75) is 33.4 Å². The highest BCUT2D eigenvalue weighted by Crippen LogP contribution is 2.44. The Morgan fingerprint density at radius 3 is 2.42 bits per heavy atom. The predicted molar refractivity (Wildman–Crippen MR) is 151 cm³/mol. The van der Waals surface area contributed by atoms with E-state index in [2.05, 4.69) is 10.2 Å². The van der Waals surface area contributed by atoms with Crippen molar-refractivity contribution in [2.24, 2.45) is 0 Å². The number of phenolic OH excluding ortho intramolecular Hbond substituents is 1. The number of nitrogens with zero attached hydrogens (tertiary/aromatic N) is 3. The van der Waals surface area contributed by atoms with E-state index in [1.165, 1.54) is 11.0 Å². The maximum Gasteiger partial charge on any atom is 0.301 e. The second-order valence-corrected chi connectivity index (χ2v) is 10.3. The number of aliphatic hydroxyl groups is 1. The van der Waals surface area contributed by atoms with Gasteiger partial charge >= 0.3 is 5.91 Å². The Hall–Kier alpha value is -4.70. The number of ether oxygens (including phenoxy) is 2. The second kappa shape index (κ2) is 11.2. The molecule has 9 nitrogen and oxygen atoms in total. The number of carbonyl (C=O) groups excluding carboxylic acids is 2. The van der Waals surface area contributed by atoms with Crippen molar-refractivity contribution in [1.29, 1.82) is 0 Å². The molecule has 0 spiro atoms. The molecular formula is C30H27N3O6S. The van der Waals surface area contributed by atoms with Gasteiger partial charge in [-0.1, -0.05) is 41.7 Å². The van der Waals surface area contributed by atoms with Crippen molar-refractivity contribution in [3.8, 4) is 17.2 Å². The number of aromatic nitrogens is 2. The number of carbonyl (C=O) groups is 2. The molecule has 40 heavy (non-hydrogen) atoms. The third-order valence-electron chi connectivity index (χ3n) is 6.55. The van der Waals surface area contributed by atoms with E-state index in [9.17, 15) is 19.8 Å². The number of amides is 1. The van der Waals surface area contributed by atoms with Crippen LogP contribution in [0.5, 0.6) is 17.2 Å². The molecule has 1 unspecified atom stereocenters. The molecule has 1 amide bonds. The molecule has 1 aromatic heterocycles. The minimum Gasteiger partial charge on any atom is -0.507 e. The largest absolute Gasteiger partial charge is 0.507 e. The lowest BCUT2D eigenvalue weighted by Crippen LogP contribution is -2.29. The SMILES string of the molecule is CCOc1cc(C2C(=C(O)c3ccc(OCc4ccccc4C)cc3)C(=O)C(=O)N2c2nnc(C)s2)ccc1O. The molecule has 2 heterocycles. The number of ketones is 1. The molecule has 204 valence electrons. The number of rotatable bonds is 8. The molecular weight excluding hydrogens is 530 g/mol. The monoisotopic (exact) mass is 557 g/mol. The third-order valence-corrected chi connectivity index (χ3v) is 7.39. The van der Waals surface area contributed by atoms with E-state index in [4.69, 9.17) is 9.47 Å². The van der Waals surface area contributed by atoms with Gasteiger partial charge in [0, 0.05) is 5.56 Å². The Bertz CT molecular complexity index is 1610. The minimum absolute atomic E-state index is 0.0874. The first-order valence-corrected chi connectivity index (χ1v) is 13.4. The summed E-state index contributed by atoms with van der Waals surface area (Å²) in [5.74, 6) is -1.36. The number of hydrogen-bond donors (Lipinski definition) is 2. The normalized spacial score (nSPS) is 16.4. The van der Waals surface area contributed by atoms with Crippen molar-refractivity contribution in [1.82, 2.24) is 10.2 Å². The van der Waals surface area contributed by atoms with Gasteiger partial charge in [0.25, 0.3) is 5.78 Å². The topological polar surface area (TPSA) is 122 Å². The van der Waals surface area contributed by atoms with Crippen LogP contribution in [0.25, 0.3) is 5.76 Å². The smallest absolute Gasteiger partial charge is 0.301 e. The molecule has 3 aromatic carbocycles. The van der Waals surface area contributed by atoms with Gasteiger partial charge in [-0.25, -0.2) is 0 Å². The fourth-order valence-electron chi connectivity index (χ4n) is 4.50.